The summed E-state index contributed by atoms with van der Waals surface area (Å²) in [6, 6.07) is 135. The van der Waals surface area contributed by atoms with Gasteiger partial charge >= 0.3 is 0 Å². The van der Waals surface area contributed by atoms with Crippen molar-refractivity contribution in [2.24, 2.45) is 0 Å². The molecule has 0 spiro atoms. The van der Waals surface area contributed by atoms with Crippen LogP contribution in [0.4, 0.5) is 17.1 Å². The van der Waals surface area contributed by atoms with Gasteiger partial charge in [-0.2, -0.15) is 0 Å². The van der Waals surface area contributed by atoms with E-state index in [1.165, 1.54) is 11.1 Å². The molecule has 0 N–H and O–H groups in total. The molecule has 15 rings (SSSR count). The van der Waals surface area contributed by atoms with Crippen LogP contribution in [0.15, 0.2) is 376 Å². The van der Waals surface area contributed by atoms with E-state index >= 15 is 0 Å². The Bertz CT molecular complexity index is 4520. The van der Waals surface area contributed by atoms with Crippen molar-refractivity contribution >= 4 is 23.3 Å². The fourth-order valence-corrected chi connectivity index (χ4v) is 13.7. The summed E-state index contributed by atoms with van der Waals surface area (Å²) in [7, 11) is 0. The summed E-state index contributed by atoms with van der Waals surface area (Å²) >= 11 is 0. The molecule has 0 radical (unpaired) electrons. The summed E-state index contributed by atoms with van der Waals surface area (Å²) in [5, 5.41) is 0. The van der Waals surface area contributed by atoms with Gasteiger partial charge in [-0.3, -0.25) is 4.79 Å². The Labute approximate surface area is 545 Å². The number of anilines is 3. The molecule has 2 heteroatoms. The zero-order valence-electron chi connectivity index (χ0n) is 51.2. The summed E-state index contributed by atoms with van der Waals surface area (Å²) in [4.78, 5) is 14.6. The highest BCUT2D eigenvalue weighted by Gasteiger charge is 2.32. The van der Waals surface area contributed by atoms with Crippen molar-refractivity contribution in [2.75, 3.05) is 4.90 Å². The van der Waals surface area contributed by atoms with E-state index in [1.54, 1.807) is 0 Å². The summed E-state index contributed by atoms with van der Waals surface area (Å²) in [6.45, 7) is 0. The Balaban J connectivity index is 0.985. The lowest BCUT2D eigenvalue weighted by Crippen LogP contribution is -2.10. The zero-order chi connectivity index (χ0) is 62.3. The van der Waals surface area contributed by atoms with Gasteiger partial charge in [-0.1, -0.05) is 328 Å². The molecule has 0 aliphatic carbocycles. The minimum absolute atomic E-state index is 0.609. The molecule has 0 heterocycles. The van der Waals surface area contributed by atoms with Crippen LogP contribution in [-0.2, 0) is 0 Å². The molecule has 15 aromatic rings. The third-order valence-corrected chi connectivity index (χ3v) is 17.7. The molecule has 0 aromatic heterocycles. The van der Waals surface area contributed by atoms with Crippen LogP contribution >= 0.6 is 0 Å². The van der Waals surface area contributed by atoms with Gasteiger partial charge in [-0.05, 0) is 182 Å². The van der Waals surface area contributed by atoms with Crippen LogP contribution in [0, 0.1) is 0 Å². The van der Waals surface area contributed by atoms with Crippen molar-refractivity contribution in [3.63, 3.8) is 0 Å². The smallest absolute Gasteiger partial charge is 0.150 e. The van der Waals surface area contributed by atoms with Gasteiger partial charge in [0.25, 0.3) is 0 Å². The molecule has 0 fully saturated rings. The molecule has 0 saturated carbocycles. The van der Waals surface area contributed by atoms with E-state index in [1.807, 2.05) is 12.1 Å². The van der Waals surface area contributed by atoms with Crippen molar-refractivity contribution in [3.05, 3.63) is 382 Å². The third kappa shape index (κ3) is 11.2. The Morgan fingerprint density at radius 2 is 0.280 bits per heavy atom. The largest absolute Gasteiger partial charge is 0.311 e. The van der Waals surface area contributed by atoms with Gasteiger partial charge in [0.2, 0.25) is 0 Å². The number of hydrogen-bond acceptors (Lipinski definition) is 2. The first-order chi connectivity index (χ1) is 46.2. The lowest BCUT2D eigenvalue weighted by molar-refractivity contribution is 0.112. The van der Waals surface area contributed by atoms with Gasteiger partial charge in [-0.15, -0.1) is 0 Å². The van der Waals surface area contributed by atoms with E-state index in [-0.39, 0.29) is 0 Å². The van der Waals surface area contributed by atoms with Gasteiger partial charge in [-0.25, -0.2) is 0 Å². The predicted octanol–water partition coefficient (Wildman–Crippen LogP) is 25.0. The predicted molar refractivity (Wildman–Crippen MR) is 392 cm³/mol. The number of nitrogens with zero attached hydrogens (tertiary/aromatic N) is 1. The normalized spacial score (nSPS) is 11.1. The number of hydrogen-bond donors (Lipinski definition) is 0. The second-order valence-corrected chi connectivity index (χ2v) is 23.3. The standard InChI is InChI=1S/C91H63NO/c93-63-64-51-57-77(58-52-64)92(78-59-53-75(54-60-78)90-86(71-43-23-7-24-44-71)82(67-35-15-3-16-36-67)80(65-31-11-1-12-32-65)83(68-37-17-4-18-38-68)87(90)72-45-25-8-26-46-72)79-61-55-76(56-62-79)91-88(73-47-27-9-28-48-73)84(69-39-19-5-20-40-69)81(66-33-13-2-14-34-66)85(70-41-21-6-22-42-70)89(91)74-49-29-10-30-50-74/h1-63H. The van der Waals surface area contributed by atoms with Gasteiger partial charge in [0.05, 0.1) is 0 Å². The molecule has 15 aromatic carbocycles. The topological polar surface area (TPSA) is 20.3 Å². The van der Waals surface area contributed by atoms with Gasteiger partial charge < -0.3 is 4.90 Å². The molecular weight excluding hydrogens is 1120 g/mol. The highest BCUT2D eigenvalue weighted by Crippen LogP contribution is 2.58. The number of rotatable bonds is 16. The quantitative estimate of drug-likeness (QED) is 0.0899. The number of carbonyl (C=O) groups is 1. The maximum atomic E-state index is 12.3. The van der Waals surface area contributed by atoms with E-state index in [2.05, 4.69) is 369 Å². The Kier molecular flexibility index (Phi) is 16.0. The van der Waals surface area contributed by atoms with Gasteiger partial charge in [0.15, 0.2) is 0 Å². The van der Waals surface area contributed by atoms with Crippen molar-refractivity contribution in [3.8, 4) is 134 Å². The second kappa shape index (κ2) is 26.1. The first-order valence-electron chi connectivity index (χ1n) is 31.8. The average molecular weight is 1190 g/mol. The SMILES string of the molecule is O=Cc1ccc(N(c2ccc(-c3c(-c4ccccc4)c(-c4ccccc4)c(-c4ccccc4)c(-c4ccccc4)c3-c3ccccc3)cc2)c2ccc(-c3c(-c4ccccc4)c(-c4ccccc4)c(-c4ccccc4)c(-c4ccccc4)c3-c3ccccc3)cc2)cc1. The zero-order valence-corrected chi connectivity index (χ0v) is 51.2. The van der Waals surface area contributed by atoms with Crippen molar-refractivity contribution in [1.82, 2.24) is 0 Å². The molecule has 0 saturated heterocycles. The van der Waals surface area contributed by atoms with Gasteiger partial charge in [0.1, 0.15) is 6.29 Å². The second-order valence-electron chi connectivity index (χ2n) is 23.3. The van der Waals surface area contributed by atoms with E-state index in [9.17, 15) is 4.79 Å². The maximum absolute atomic E-state index is 12.3. The van der Waals surface area contributed by atoms with Gasteiger partial charge in [0, 0.05) is 22.6 Å². The van der Waals surface area contributed by atoms with Crippen LogP contribution in [0.25, 0.3) is 134 Å². The van der Waals surface area contributed by atoms with E-state index in [0.717, 1.165) is 146 Å². The lowest BCUT2D eigenvalue weighted by atomic mass is 9.74. The third-order valence-electron chi connectivity index (χ3n) is 17.7. The number of carbonyl (C=O) groups excluding carboxylic acids is 1. The molecule has 0 aliphatic rings. The first-order valence-corrected chi connectivity index (χ1v) is 31.8. The summed E-state index contributed by atoms with van der Waals surface area (Å²) in [5.74, 6) is 0. The van der Waals surface area contributed by atoms with Crippen LogP contribution in [0.2, 0.25) is 0 Å². The molecule has 438 valence electrons. The summed E-state index contributed by atoms with van der Waals surface area (Å²) < 4.78 is 0. The lowest BCUT2D eigenvalue weighted by Gasteiger charge is -2.30. The van der Waals surface area contributed by atoms with Crippen molar-refractivity contribution in [2.45, 2.75) is 0 Å². The van der Waals surface area contributed by atoms with Crippen LogP contribution < -0.4 is 4.90 Å². The van der Waals surface area contributed by atoms with Crippen molar-refractivity contribution in [1.29, 1.82) is 0 Å². The molecule has 0 amide bonds. The molecule has 0 unspecified atom stereocenters. The number of aldehydes is 1. The summed E-state index contributed by atoms with van der Waals surface area (Å²) in [6.07, 6.45) is 0.911. The van der Waals surface area contributed by atoms with Crippen LogP contribution in [-0.4, -0.2) is 6.29 Å². The molecule has 0 bridgehead atoms. The molecule has 93 heavy (non-hydrogen) atoms. The minimum atomic E-state index is 0.609. The average Bonchev–Trinajstić information content (AvgIpc) is 0.728. The van der Waals surface area contributed by atoms with E-state index in [4.69, 9.17) is 0 Å². The fraction of sp³-hybridized carbons (Fsp3) is 0. The summed E-state index contributed by atoms with van der Waals surface area (Å²) in [5.41, 5.74) is 30.7. The molecule has 0 atom stereocenters. The van der Waals surface area contributed by atoms with Crippen LogP contribution in [0.5, 0.6) is 0 Å². The molecule has 0 aliphatic heterocycles. The highest BCUT2D eigenvalue weighted by molar-refractivity contribution is 6.17. The minimum Gasteiger partial charge on any atom is -0.311 e. The van der Waals surface area contributed by atoms with Crippen LogP contribution in [0.3, 0.4) is 0 Å². The molecular formula is C91H63NO. The Morgan fingerprint density at radius 1 is 0.151 bits per heavy atom. The van der Waals surface area contributed by atoms with E-state index in [0.29, 0.717) is 5.56 Å². The van der Waals surface area contributed by atoms with Crippen molar-refractivity contribution < 1.29 is 4.79 Å². The molecule has 2 nitrogen and oxygen atoms in total. The highest BCUT2D eigenvalue weighted by atomic mass is 16.1. The first kappa shape index (κ1) is 57.2. The monoisotopic (exact) mass is 1190 g/mol. The Hall–Kier alpha value is -12.2. The fourth-order valence-electron chi connectivity index (χ4n) is 13.7. The Morgan fingerprint density at radius 3 is 0.419 bits per heavy atom. The maximum Gasteiger partial charge on any atom is 0.150 e. The number of benzene rings is 15. The van der Waals surface area contributed by atoms with E-state index < -0.39 is 0 Å². The van der Waals surface area contributed by atoms with Crippen LogP contribution in [0.1, 0.15) is 10.4 Å².